The summed E-state index contributed by atoms with van der Waals surface area (Å²) in [5.74, 6) is -6.03. The summed E-state index contributed by atoms with van der Waals surface area (Å²) in [6.07, 6.45) is 0.416. The Balaban J connectivity index is 1.73. The van der Waals surface area contributed by atoms with E-state index in [0.717, 1.165) is 16.9 Å². The maximum absolute atomic E-state index is 14.3. The highest BCUT2D eigenvalue weighted by Gasteiger charge is 2.69. The van der Waals surface area contributed by atoms with Gasteiger partial charge in [-0.15, -0.1) is 0 Å². The van der Waals surface area contributed by atoms with Crippen LogP contribution in [0.2, 0.25) is 0 Å². The monoisotopic (exact) mass is 617 g/mol. The summed E-state index contributed by atoms with van der Waals surface area (Å²) in [7, 11) is 3.89. The van der Waals surface area contributed by atoms with Crippen LogP contribution < -0.4 is 19.7 Å². The lowest BCUT2D eigenvalue weighted by Gasteiger charge is -2.31. The Bertz CT molecular complexity index is 1690. The molecule has 0 saturated carbocycles. The number of fused-ring (bicyclic) bond motifs is 1. The van der Waals surface area contributed by atoms with E-state index in [2.05, 4.69) is 5.32 Å². The largest absolute Gasteiger partial charge is 0.497 e. The Kier molecular flexibility index (Phi) is 8.30. The smallest absolute Gasteiger partial charge is 0.341 e. The van der Waals surface area contributed by atoms with E-state index in [9.17, 15) is 34.4 Å². The number of methoxy groups -OCH3 is 3. The summed E-state index contributed by atoms with van der Waals surface area (Å²) in [5.41, 5.74) is -0.567. The van der Waals surface area contributed by atoms with Crippen molar-refractivity contribution in [1.29, 1.82) is 0 Å². The van der Waals surface area contributed by atoms with Crippen LogP contribution in [0.15, 0.2) is 60.7 Å². The molecule has 0 bridgehead atoms. The molecule has 13 heteroatoms. The summed E-state index contributed by atoms with van der Waals surface area (Å²) in [6.45, 7) is 1.96. The molecule has 2 aliphatic rings. The first-order chi connectivity index (χ1) is 21.5. The van der Waals surface area contributed by atoms with Gasteiger partial charge in [-0.1, -0.05) is 31.2 Å². The average molecular weight is 618 g/mol. The number of nitrogens with one attached hydrogen (secondary N) is 1. The zero-order valence-corrected chi connectivity index (χ0v) is 24.9. The number of ether oxygens (including phenoxy) is 3. The predicted octanol–water partition coefficient (Wildman–Crippen LogP) is 3.48. The van der Waals surface area contributed by atoms with Gasteiger partial charge in [-0.2, -0.15) is 0 Å². The number of esters is 1. The zero-order valence-electron chi connectivity index (χ0n) is 24.9. The van der Waals surface area contributed by atoms with E-state index in [4.69, 9.17) is 14.2 Å². The van der Waals surface area contributed by atoms with E-state index in [1.807, 2.05) is 6.92 Å². The molecule has 5 rings (SSSR count). The molecule has 2 fully saturated rings. The number of carbonyl (C=O) groups is 4. The van der Waals surface area contributed by atoms with Gasteiger partial charge in [0.1, 0.15) is 22.6 Å². The van der Waals surface area contributed by atoms with Crippen molar-refractivity contribution in [3.05, 3.63) is 93.0 Å². The van der Waals surface area contributed by atoms with Crippen LogP contribution in [0.25, 0.3) is 0 Å². The van der Waals surface area contributed by atoms with Crippen molar-refractivity contribution in [1.82, 2.24) is 5.32 Å². The van der Waals surface area contributed by atoms with Gasteiger partial charge in [0.05, 0.1) is 43.8 Å². The van der Waals surface area contributed by atoms with Crippen LogP contribution in [0, 0.1) is 22.0 Å². The molecule has 2 aliphatic heterocycles. The van der Waals surface area contributed by atoms with Crippen LogP contribution in [0.1, 0.15) is 40.0 Å². The molecule has 3 aromatic rings. The number of anilines is 1. The number of hydrogen-bond acceptors (Lipinski definition) is 10. The van der Waals surface area contributed by atoms with Gasteiger partial charge in [0, 0.05) is 30.7 Å². The quantitative estimate of drug-likeness (QED) is 0.147. The number of imide groups is 1. The van der Waals surface area contributed by atoms with E-state index in [0.29, 0.717) is 5.56 Å². The molecule has 2 N–H and O–H groups in total. The molecule has 3 aromatic carbocycles. The molecule has 0 radical (unpaired) electrons. The maximum atomic E-state index is 14.3. The SMILES string of the molecule is CCc1ccc(N2C(=O)C3C(c4cc(OC)cc(OC)c4C(=O)OC)NC(Cc4ccc([N+](=O)[O-])cc4)(C(=O)O)C3C2=O)cc1. The number of aryl methyl sites for hydroxylation is 1. The molecule has 13 nitrogen and oxygen atoms in total. The molecule has 4 unspecified atom stereocenters. The van der Waals surface area contributed by atoms with Gasteiger partial charge in [0.15, 0.2) is 0 Å². The third-order valence-corrected chi connectivity index (χ3v) is 8.56. The Morgan fingerprint density at radius 3 is 2.16 bits per heavy atom. The molecular formula is C32H31N3O10. The standard InChI is InChI=1S/C32H31N3O10/c1-5-17-6-10-19(11-7-17)34-28(36)25-26(29(34)37)32(31(39)40,16-18-8-12-20(13-9-18)35(41)42)33-27(25)22-14-21(43-2)15-23(44-3)24(22)30(38)45-4/h6-15,25-27,33H,5,16H2,1-4H3,(H,39,40). The number of non-ortho nitro benzene ring substituents is 1. The third-order valence-electron chi connectivity index (χ3n) is 8.56. The van der Waals surface area contributed by atoms with E-state index in [-0.39, 0.29) is 40.4 Å². The second kappa shape index (κ2) is 12.0. The molecule has 2 heterocycles. The Morgan fingerprint density at radius 2 is 1.62 bits per heavy atom. The van der Waals surface area contributed by atoms with Crippen molar-refractivity contribution < 1.29 is 43.4 Å². The molecule has 2 amide bonds. The minimum atomic E-state index is -2.07. The highest BCUT2D eigenvalue weighted by atomic mass is 16.6. The van der Waals surface area contributed by atoms with Crippen LogP contribution in [-0.4, -0.2) is 60.7 Å². The lowest BCUT2D eigenvalue weighted by Crippen LogP contribution is -2.57. The highest BCUT2D eigenvalue weighted by Crippen LogP contribution is 2.52. The van der Waals surface area contributed by atoms with Crippen LogP contribution >= 0.6 is 0 Å². The van der Waals surface area contributed by atoms with Crippen LogP contribution in [0.3, 0.4) is 0 Å². The third kappa shape index (κ3) is 5.14. The van der Waals surface area contributed by atoms with Gasteiger partial charge in [-0.3, -0.25) is 29.8 Å². The molecule has 0 aliphatic carbocycles. The summed E-state index contributed by atoms with van der Waals surface area (Å²) < 4.78 is 15.9. The van der Waals surface area contributed by atoms with Gasteiger partial charge < -0.3 is 19.3 Å². The van der Waals surface area contributed by atoms with Crippen molar-refractivity contribution in [2.75, 3.05) is 26.2 Å². The van der Waals surface area contributed by atoms with E-state index < -0.39 is 52.1 Å². The van der Waals surface area contributed by atoms with Crippen LogP contribution in [-0.2, 0) is 32.0 Å². The number of rotatable bonds is 10. The van der Waals surface area contributed by atoms with Crippen molar-refractivity contribution >= 4 is 35.1 Å². The van der Waals surface area contributed by atoms with Crippen molar-refractivity contribution in [3.8, 4) is 11.5 Å². The molecule has 234 valence electrons. The van der Waals surface area contributed by atoms with Gasteiger partial charge in [-0.05, 0) is 41.3 Å². The molecule has 0 spiro atoms. The van der Waals surface area contributed by atoms with Crippen molar-refractivity contribution in [2.24, 2.45) is 11.8 Å². The topological polar surface area (TPSA) is 175 Å². The number of carbonyl (C=O) groups excluding carboxylic acids is 3. The zero-order chi connectivity index (χ0) is 32.6. The Labute approximate surface area is 257 Å². The van der Waals surface area contributed by atoms with Crippen LogP contribution in [0.4, 0.5) is 11.4 Å². The molecule has 0 aromatic heterocycles. The number of nitrogens with zero attached hydrogens (tertiary/aromatic N) is 2. The fourth-order valence-electron chi connectivity index (χ4n) is 6.35. The van der Waals surface area contributed by atoms with Gasteiger partial charge in [0.2, 0.25) is 11.8 Å². The van der Waals surface area contributed by atoms with Gasteiger partial charge in [0.25, 0.3) is 5.69 Å². The fraction of sp³-hybridized carbons (Fsp3) is 0.312. The minimum absolute atomic E-state index is 0.0570. The van der Waals surface area contributed by atoms with Crippen molar-refractivity contribution in [2.45, 2.75) is 31.3 Å². The maximum Gasteiger partial charge on any atom is 0.341 e. The van der Waals surface area contributed by atoms with E-state index in [1.54, 1.807) is 24.3 Å². The van der Waals surface area contributed by atoms with Crippen molar-refractivity contribution in [3.63, 3.8) is 0 Å². The molecular weight excluding hydrogens is 586 g/mol. The second-order valence-electron chi connectivity index (χ2n) is 10.8. The lowest BCUT2D eigenvalue weighted by molar-refractivity contribution is -0.384. The molecule has 4 atom stereocenters. The first-order valence-electron chi connectivity index (χ1n) is 14.1. The fourth-order valence-corrected chi connectivity index (χ4v) is 6.35. The number of benzene rings is 3. The van der Waals surface area contributed by atoms with Gasteiger partial charge in [-0.25, -0.2) is 9.69 Å². The number of carboxylic acids is 1. The summed E-state index contributed by atoms with van der Waals surface area (Å²) in [4.78, 5) is 66.7. The number of aliphatic carboxylic acids is 1. The number of carboxylic acid groups (broad SMARTS) is 1. The number of nitro groups is 1. The van der Waals surface area contributed by atoms with E-state index >= 15 is 0 Å². The Hall–Kier alpha value is -5.30. The molecule has 2 saturated heterocycles. The Morgan fingerprint density at radius 1 is 0.978 bits per heavy atom. The minimum Gasteiger partial charge on any atom is -0.497 e. The summed E-state index contributed by atoms with van der Waals surface area (Å²) in [6, 6.07) is 13.8. The number of amides is 2. The average Bonchev–Trinajstić information content (AvgIpc) is 3.53. The first kappa shape index (κ1) is 31.1. The summed E-state index contributed by atoms with van der Waals surface area (Å²) in [5, 5.41) is 25.1. The highest BCUT2D eigenvalue weighted by molar-refractivity contribution is 6.24. The van der Waals surface area contributed by atoms with Crippen LogP contribution in [0.5, 0.6) is 11.5 Å². The first-order valence-corrected chi connectivity index (χ1v) is 14.1. The van der Waals surface area contributed by atoms with E-state index in [1.165, 1.54) is 57.7 Å². The normalized spacial score (nSPS) is 22.2. The lowest BCUT2D eigenvalue weighted by atomic mass is 9.76. The summed E-state index contributed by atoms with van der Waals surface area (Å²) >= 11 is 0. The predicted molar refractivity (Wildman–Crippen MR) is 159 cm³/mol. The number of hydrogen-bond donors (Lipinski definition) is 2. The molecule has 45 heavy (non-hydrogen) atoms. The van der Waals surface area contributed by atoms with Gasteiger partial charge >= 0.3 is 11.9 Å². The second-order valence-corrected chi connectivity index (χ2v) is 10.8. The number of nitro benzene ring substituents is 1.